The summed E-state index contributed by atoms with van der Waals surface area (Å²) in [5.41, 5.74) is 1.48. The molecule has 1 unspecified atom stereocenters. The normalized spacial score (nSPS) is 16.4. The van der Waals surface area contributed by atoms with Crippen LogP contribution in [0.3, 0.4) is 0 Å². The van der Waals surface area contributed by atoms with Crippen LogP contribution in [0.1, 0.15) is 29.3 Å². The smallest absolute Gasteiger partial charge is 0.257 e. The second kappa shape index (κ2) is 7.19. The Morgan fingerprint density at radius 2 is 2.00 bits per heavy atom. The lowest BCUT2D eigenvalue weighted by Gasteiger charge is -2.16. The van der Waals surface area contributed by atoms with Crippen LogP contribution in [0.4, 0.5) is 8.78 Å². The van der Waals surface area contributed by atoms with Gasteiger partial charge in [0.1, 0.15) is 11.6 Å². The molecule has 2 heterocycles. The molecule has 0 saturated carbocycles. The molecule has 140 valence electrons. The molecule has 0 bridgehead atoms. The van der Waals surface area contributed by atoms with E-state index >= 15 is 0 Å². The maximum Gasteiger partial charge on any atom is 0.257 e. The van der Waals surface area contributed by atoms with Crippen molar-refractivity contribution in [2.75, 3.05) is 6.54 Å². The van der Waals surface area contributed by atoms with Crippen LogP contribution in [0.2, 0.25) is 0 Å². The third-order valence-electron chi connectivity index (χ3n) is 4.56. The summed E-state index contributed by atoms with van der Waals surface area (Å²) < 4.78 is 32.0. The second-order valence-corrected chi connectivity index (χ2v) is 6.60. The van der Waals surface area contributed by atoms with Gasteiger partial charge in [0.05, 0.1) is 11.6 Å². The van der Waals surface area contributed by atoms with Gasteiger partial charge in [-0.05, 0) is 35.9 Å². The first-order chi connectivity index (χ1) is 13.5. The van der Waals surface area contributed by atoms with Gasteiger partial charge in [0.15, 0.2) is 5.82 Å². The summed E-state index contributed by atoms with van der Waals surface area (Å²) in [5, 5.41) is 13.0. The van der Waals surface area contributed by atoms with Crippen molar-refractivity contribution in [2.24, 2.45) is 0 Å². The van der Waals surface area contributed by atoms with Crippen molar-refractivity contribution >= 4 is 5.91 Å². The molecule has 0 spiro atoms. The van der Waals surface area contributed by atoms with Crippen molar-refractivity contribution < 1.29 is 18.1 Å². The Bertz CT molecular complexity index is 1070. The number of likely N-dealkylation sites (tertiary alicyclic amines) is 1. The Labute approximate surface area is 159 Å². The molecule has 0 N–H and O–H groups in total. The minimum Gasteiger partial charge on any atom is -0.338 e. The zero-order valence-electron chi connectivity index (χ0n) is 14.6. The van der Waals surface area contributed by atoms with E-state index in [-0.39, 0.29) is 30.7 Å². The minimum absolute atomic E-state index is 0.110. The van der Waals surface area contributed by atoms with Crippen LogP contribution < -0.4 is 0 Å². The molecule has 6 nitrogen and oxygen atoms in total. The number of amides is 1. The molecule has 3 aromatic rings. The summed E-state index contributed by atoms with van der Waals surface area (Å²) in [5.74, 6) is -1.12. The molecule has 4 rings (SSSR count). The van der Waals surface area contributed by atoms with Crippen LogP contribution in [0, 0.1) is 23.0 Å². The second-order valence-electron chi connectivity index (χ2n) is 6.60. The lowest BCUT2D eigenvalue weighted by molar-refractivity contribution is -0.128. The average molecular weight is 380 g/mol. The van der Waals surface area contributed by atoms with E-state index in [2.05, 4.69) is 10.1 Å². The highest BCUT2D eigenvalue weighted by atomic mass is 19.1. The highest BCUT2D eigenvalue weighted by molar-refractivity contribution is 5.79. The zero-order valence-corrected chi connectivity index (χ0v) is 14.6. The number of aromatic nitrogens is 2. The fraction of sp³-hybridized carbons (Fsp3) is 0.200. The van der Waals surface area contributed by atoms with E-state index in [9.17, 15) is 13.6 Å². The van der Waals surface area contributed by atoms with E-state index in [1.165, 1.54) is 17.0 Å². The Morgan fingerprint density at radius 3 is 2.75 bits per heavy atom. The molecule has 0 radical (unpaired) electrons. The molecule has 1 amide bonds. The Hall–Kier alpha value is -3.60. The molecule has 28 heavy (non-hydrogen) atoms. The third kappa shape index (κ3) is 3.60. The zero-order chi connectivity index (χ0) is 19.7. The minimum atomic E-state index is -0.680. The molecular formula is C20H14F2N4O2. The van der Waals surface area contributed by atoms with Crippen molar-refractivity contribution in [3.63, 3.8) is 0 Å². The maximum absolute atomic E-state index is 13.4. The first kappa shape index (κ1) is 17.8. The number of hydrogen-bond acceptors (Lipinski definition) is 5. The van der Waals surface area contributed by atoms with Crippen LogP contribution in [0.15, 0.2) is 47.0 Å². The molecule has 1 saturated heterocycles. The summed E-state index contributed by atoms with van der Waals surface area (Å²) in [6, 6.07) is 12.0. The number of benzene rings is 2. The van der Waals surface area contributed by atoms with Gasteiger partial charge in [0.25, 0.3) is 5.89 Å². The predicted octanol–water partition coefficient (Wildman–Crippen LogP) is 3.40. The van der Waals surface area contributed by atoms with Crippen LogP contribution in [0.25, 0.3) is 11.5 Å². The molecule has 1 atom stereocenters. The van der Waals surface area contributed by atoms with Crippen LogP contribution in [-0.2, 0) is 11.3 Å². The van der Waals surface area contributed by atoms with E-state index in [1.807, 2.05) is 6.07 Å². The number of halogens is 2. The maximum atomic E-state index is 13.4. The molecule has 1 aliphatic heterocycles. The molecule has 1 aromatic heterocycles. The quantitative estimate of drug-likeness (QED) is 0.693. The topological polar surface area (TPSA) is 83.0 Å². The van der Waals surface area contributed by atoms with Crippen molar-refractivity contribution in [3.05, 3.63) is 71.1 Å². The predicted molar refractivity (Wildman–Crippen MR) is 93.6 cm³/mol. The first-order valence-corrected chi connectivity index (χ1v) is 8.58. The van der Waals surface area contributed by atoms with Crippen LogP contribution in [-0.4, -0.2) is 27.5 Å². The summed E-state index contributed by atoms with van der Waals surface area (Å²) in [4.78, 5) is 18.2. The lowest BCUT2D eigenvalue weighted by atomic mass is 10.1. The van der Waals surface area contributed by atoms with Gasteiger partial charge in [-0.2, -0.15) is 10.2 Å². The monoisotopic (exact) mass is 380 g/mol. The van der Waals surface area contributed by atoms with Gasteiger partial charge in [0, 0.05) is 37.1 Å². The van der Waals surface area contributed by atoms with Gasteiger partial charge in [-0.1, -0.05) is 11.2 Å². The summed E-state index contributed by atoms with van der Waals surface area (Å²) in [7, 11) is 0. The van der Waals surface area contributed by atoms with Crippen molar-refractivity contribution in [1.29, 1.82) is 5.26 Å². The lowest BCUT2D eigenvalue weighted by Crippen LogP contribution is -2.24. The van der Waals surface area contributed by atoms with Gasteiger partial charge in [0.2, 0.25) is 5.91 Å². The Kier molecular flexibility index (Phi) is 4.57. The number of nitrogens with zero attached hydrogens (tertiary/aromatic N) is 4. The molecule has 1 aliphatic rings. The largest absolute Gasteiger partial charge is 0.338 e. The molecule has 1 fully saturated rings. The Balaban J connectivity index is 1.50. The fourth-order valence-corrected chi connectivity index (χ4v) is 3.26. The number of rotatable bonds is 4. The molecule has 0 aliphatic carbocycles. The first-order valence-electron chi connectivity index (χ1n) is 8.58. The van der Waals surface area contributed by atoms with E-state index in [0.717, 1.165) is 6.07 Å². The van der Waals surface area contributed by atoms with Gasteiger partial charge >= 0.3 is 0 Å². The van der Waals surface area contributed by atoms with Gasteiger partial charge < -0.3 is 9.42 Å². The molecular weight excluding hydrogens is 366 g/mol. The number of carbonyl (C=O) groups is 1. The van der Waals surface area contributed by atoms with E-state index in [1.54, 1.807) is 24.3 Å². The van der Waals surface area contributed by atoms with Crippen molar-refractivity contribution in [2.45, 2.75) is 18.9 Å². The average Bonchev–Trinajstić information content (AvgIpc) is 3.28. The third-order valence-corrected chi connectivity index (χ3v) is 4.56. The standard InChI is InChI=1S/C20H14F2N4O2/c21-16-5-13(6-17(22)8-16)10-26-11-15(7-18(26)27)19-24-20(28-25-19)14-3-1-2-12(4-14)9-23/h1-6,8,15H,7,10-11H2. The van der Waals surface area contributed by atoms with E-state index in [0.29, 0.717) is 29.1 Å². The van der Waals surface area contributed by atoms with Crippen LogP contribution in [0.5, 0.6) is 0 Å². The van der Waals surface area contributed by atoms with E-state index in [4.69, 9.17) is 9.78 Å². The SMILES string of the molecule is N#Cc1cccc(-c2nc(C3CC(=O)N(Cc4cc(F)cc(F)c4)C3)no2)c1. The van der Waals surface area contributed by atoms with Crippen molar-refractivity contribution in [1.82, 2.24) is 15.0 Å². The van der Waals surface area contributed by atoms with E-state index < -0.39 is 11.6 Å². The number of carbonyl (C=O) groups excluding carboxylic acids is 1. The molecule has 2 aromatic carbocycles. The highest BCUT2D eigenvalue weighted by Crippen LogP contribution is 2.29. The molecule has 8 heteroatoms. The van der Waals surface area contributed by atoms with Crippen molar-refractivity contribution in [3.8, 4) is 17.5 Å². The summed E-state index contributed by atoms with van der Waals surface area (Å²) >= 11 is 0. The van der Waals surface area contributed by atoms with Gasteiger partial charge in [-0.3, -0.25) is 4.79 Å². The number of hydrogen-bond donors (Lipinski definition) is 0. The van der Waals surface area contributed by atoms with Crippen LogP contribution >= 0.6 is 0 Å². The summed E-state index contributed by atoms with van der Waals surface area (Å²) in [6.07, 6.45) is 0.189. The van der Waals surface area contributed by atoms with Gasteiger partial charge in [-0.25, -0.2) is 8.78 Å². The summed E-state index contributed by atoms with van der Waals surface area (Å²) in [6.45, 7) is 0.438. The van der Waals surface area contributed by atoms with Gasteiger partial charge in [-0.15, -0.1) is 0 Å². The number of nitriles is 1. The highest BCUT2D eigenvalue weighted by Gasteiger charge is 2.34. The fourth-order valence-electron chi connectivity index (χ4n) is 3.26. The Morgan fingerprint density at radius 1 is 1.21 bits per heavy atom.